The van der Waals surface area contributed by atoms with Crippen LogP contribution < -0.4 is 5.32 Å². The van der Waals surface area contributed by atoms with Gasteiger partial charge in [0.15, 0.2) is 0 Å². The molecule has 0 aliphatic carbocycles. The lowest BCUT2D eigenvalue weighted by Crippen LogP contribution is -2.40. The predicted octanol–water partition coefficient (Wildman–Crippen LogP) is 2.83. The molecule has 0 aliphatic rings. The van der Waals surface area contributed by atoms with Crippen molar-refractivity contribution in [3.63, 3.8) is 0 Å². The highest BCUT2D eigenvalue weighted by Crippen LogP contribution is 2.28. The number of carboxylic acids is 1. The van der Waals surface area contributed by atoms with Crippen molar-refractivity contribution in [1.82, 2.24) is 9.88 Å². The molecule has 3 rings (SSSR count). The van der Waals surface area contributed by atoms with Crippen LogP contribution in [-0.4, -0.2) is 27.7 Å². The lowest BCUT2D eigenvalue weighted by molar-refractivity contribution is -0.138. The van der Waals surface area contributed by atoms with Gasteiger partial charge in [0.1, 0.15) is 6.04 Å². The van der Waals surface area contributed by atoms with Gasteiger partial charge in [0, 0.05) is 10.8 Å². The van der Waals surface area contributed by atoms with Crippen molar-refractivity contribution >= 4 is 33.8 Å². The number of benzene rings is 2. The van der Waals surface area contributed by atoms with E-state index in [9.17, 15) is 9.59 Å². The Bertz CT molecular complexity index is 798. The summed E-state index contributed by atoms with van der Waals surface area (Å²) in [6.45, 7) is 1.44. The van der Waals surface area contributed by atoms with Crippen molar-refractivity contribution in [2.45, 2.75) is 13.0 Å². The Kier molecular flexibility index (Phi) is 3.10. The van der Waals surface area contributed by atoms with E-state index in [4.69, 9.17) is 5.11 Å². The van der Waals surface area contributed by atoms with E-state index in [2.05, 4.69) is 5.32 Å². The number of carboxylic acid groups (broad SMARTS) is 1. The van der Waals surface area contributed by atoms with Crippen molar-refractivity contribution in [3.8, 4) is 0 Å². The molecule has 2 N–H and O–H groups in total. The smallest absolute Gasteiger partial charge is 0.327 e. The van der Waals surface area contributed by atoms with Crippen molar-refractivity contribution < 1.29 is 14.7 Å². The minimum absolute atomic E-state index is 0.442. The van der Waals surface area contributed by atoms with E-state index in [1.165, 1.54) is 11.5 Å². The number of amides is 1. The summed E-state index contributed by atoms with van der Waals surface area (Å²) in [6, 6.07) is 13.7. The molecule has 1 heterocycles. The predicted molar refractivity (Wildman–Crippen MR) is 80.5 cm³/mol. The zero-order chi connectivity index (χ0) is 15.0. The second-order valence-corrected chi connectivity index (χ2v) is 4.88. The standard InChI is InChI=1S/C16H14N2O3/c1-10(15(19)20)17-16(21)18-13-8-4-2-6-11(13)12-7-3-5-9-14(12)18/h2-10H,1H3,(H,17,21)(H,19,20)/t10-/m0/s1. The van der Waals surface area contributed by atoms with Crippen LogP contribution in [0.25, 0.3) is 21.8 Å². The van der Waals surface area contributed by atoms with Crippen LogP contribution in [0.3, 0.4) is 0 Å². The Morgan fingerprint density at radius 3 is 1.95 bits per heavy atom. The quantitative estimate of drug-likeness (QED) is 0.759. The zero-order valence-corrected chi connectivity index (χ0v) is 11.4. The number of carbonyl (C=O) groups is 2. The molecule has 106 valence electrons. The first-order valence-corrected chi connectivity index (χ1v) is 6.61. The third-order valence-corrected chi connectivity index (χ3v) is 3.49. The van der Waals surface area contributed by atoms with E-state index >= 15 is 0 Å². The molecule has 0 spiro atoms. The molecular weight excluding hydrogens is 268 g/mol. The zero-order valence-electron chi connectivity index (χ0n) is 11.4. The number of hydrogen-bond acceptors (Lipinski definition) is 2. The number of carbonyl (C=O) groups excluding carboxylic acids is 1. The maximum Gasteiger partial charge on any atom is 0.327 e. The largest absolute Gasteiger partial charge is 0.480 e. The van der Waals surface area contributed by atoms with Gasteiger partial charge in [0.05, 0.1) is 11.0 Å². The van der Waals surface area contributed by atoms with Gasteiger partial charge in [-0.05, 0) is 19.1 Å². The lowest BCUT2D eigenvalue weighted by Gasteiger charge is -2.11. The average Bonchev–Trinajstić information content (AvgIpc) is 2.81. The fourth-order valence-corrected chi connectivity index (χ4v) is 2.45. The molecule has 1 amide bonds. The average molecular weight is 282 g/mol. The second-order valence-electron chi connectivity index (χ2n) is 4.88. The van der Waals surface area contributed by atoms with Crippen molar-refractivity contribution in [1.29, 1.82) is 0 Å². The monoisotopic (exact) mass is 282 g/mol. The molecule has 0 aliphatic heterocycles. The number of nitrogens with one attached hydrogen (secondary N) is 1. The summed E-state index contributed by atoms with van der Waals surface area (Å²) in [5.41, 5.74) is 1.52. The molecule has 0 unspecified atom stereocenters. The first-order chi connectivity index (χ1) is 10.1. The molecule has 2 aromatic carbocycles. The molecule has 5 nitrogen and oxygen atoms in total. The molecule has 0 saturated heterocycles. The Balaban J connectivity index is 2.20. The van der Waals surface area contributed by atoms with Crippen molar-refractivity contribution in [2.24, 2.45) is 0 Å². The van der Waals surface area contributed by atoms with Gasteiger partial charge < -0.3 is 10.4 Å². The minimum atomic E-state index is -1.07. The van der Waals surface area contributed by atoms with Crippen LogP contribution in [0.2, 0.25) is 0 Å². The van der Waals surface area contributed by atoms with Gasteiger partial charge in [-0.2, -0.15) is 0 Å². The Morgan fingerprint density at radius 1 is 1.00 bits per heavy atom. The summed E-state index contributed by atoms with van der Waals surface area (Å²) in [5.74, 6) is -1.07. The fraction of sp³-hybridized carbons (Fsp3) is 0.125. The van der Waals surface area contributed by atoms with Gasteiger partial charge in [-0.25, -0.2) is 4.79 Å². The van der Waals surface area contributed by atoms with E-state index in [1.54, 1.807) is 0 Å². The van der Waals surface area contributed by atoms with E-state index in [1.807, 2.05) is 48.5 Å². The Morgan fingerprint density at radius 2 is 1.48 bits per heavy atom. The maximum atomic E-state index is 12.4. The van der Waals surface area contributed by atoms with Gasteiger partial charge in [0.2, 0.25) is 0 Å². The van der Waals surface area contributed by atoms with Crippen LogP contribution in [0.15, 0.2) is 48.5 Å². The first-order valence-electron chi connectivity index (χ1n) is 6.61. The summed E-state index contributed by atoms with van der Waals surface area (Å²) in [7, 11) is 0. The molecule has 1 atom stereocenters. The third-order valence-electron chi connectivity index (χ3n) is 3.49. The molecule has 21 heavy (non-hydrogen) atoms. The SMILES string of the molecule is C[C@H](NC(=O)n1c2ccccc2c2ccccc21)C(=O)O. The number of para-hydroxylation sites is 2. The second kappa shape index (κ2) is 4.94. The van der Waals surface area contributed by atoms with E-state index < -0.39 is 18.0 Å². The minimum Gasteiger partial charge on any atom is -0.480 e. The molecule has 0 fully saturated rings. The van der Waals surface area contributed by atoms with Crippen LogP contribution >= 0.6 is 0 Å². The van der Waals surface area contributed by atoms with E-state index in [-0.39, 0.29) is 0 Å². The molecule has 5 heteroatoms. The topological polar surface area (TPSA) is 71.3 Å². The molecule has 0 bridgehead atoms. The third kappa shape index (κ3) is 2.12. The highest BCUT2D eigenvalue weighted by molar-refractivity contribution is 6.13. The van der Waals surface area contributed by atoms with E-state index in [0.717, 1.165) is 21.8 Å². The van der Waals surface area contributed by atoms with Crippen molar-refractivity contribution in [3.05, 3.63) is 48.5 Å². The number of aliphatic carboxylic acids is 1. The first kappa shape index (κ1) is 13.2. The van der Waals surface area contributed by atoms with Crippen LogP contribution in [0.5, 0.6) is 0 Å². The van der Waals surface area contributed by atoms with Crippen LogP contribution in [0.1, 0.15) is 6.92 Å². The maximum absolute atomic E-state index is 12.4. The number of rotatable bonds is 2. The van der Waals surface area contributed by atoms with Crippen LogP contribution in [-0.2, 0) is 4.79 Å². The van der Waals surface area contributed by atoms with Crippen LogP contribution in [0.4, 0.5) is 4.79 Å². The molecule has 0 radical (unpaired) electrons. The summed E-state index contributed by atoms with van der Waals surface area (Å²) in [6.07, 6.45) is 0. The number of aromatic nitrogens is 1. The van der Waals surface area contributed by atoms with Crippen molar-refractivity contribution in [2.75, 3.05) is 0 Å². The molecule has 0 saturated carbocycles. The summed E-state index contributed by atoms with van der Waals surface area (Å²) in [5, 5.41) is 13.3. The molecule has 3 aromatic rings. The number of nitrogens with zero attached hydrogens (tertiary/aromatic N) is 1. The van der Waals surface area contributed by atoms with Gasteiger partial charge in [-0.1, -0.05) is 36.4 Å². The molecular formula is C16H14N2O3. The number of hydrogen-bond donors (Lipinski definition) is 2. The van der Waals surface area contributed by atoms with Gasteiger partial charge in [-0.3, -0.25) is 9.36 Å². The Hall–Kier alpha value is -2.82. The summed E-state index contributed by atoms with van der Waals surface area (Å²) < 4.78 is 1.52. The summed E-state index contributed by atoms with van der Waals surface area (Å²) >= 11 is 0. The normalized spacial score (nSPS) is 12.4. The van der Waals surface area contributed by atoms with E-state index in [0.29, 0.717) is 0 Å². The van der Waals surface area contributed by atoms with Gasteiger partial charge >= 0.3 is 12.0 Å². The highest BCUT2D eigenvalue weighted by atomic mass is 16.4. The number of fused-ring (bicyclic) bond motifs is 3. The van der Waals surface area contributed by atoms with Gasteiger partial charge in [0.25, 0.3) is 0 Å². The van der Waals surface area contributed by atoms with Gasteiger partial charge in [-0.15, -0.1) is 0 Å². The highest BCUT2D eigenvalue weighted by Gasteiger charge is 2.19. The Labute approximate surface area is 120 Å². The summed E-state index contributed by atoms with van der Waals surface area (Å²) in [4.78, 5) is 23.3. The lowest BCUT2D eigenvalue weighted by atomic mass is 10.2. The van der Waals surface area contributed by atoms with Crippen LogP contribution in [0, 0.1) is 0 Å². The fourth-order valence-electron chi connectivity index (χ4n) is 2.45. The molecule has 1 aromatic heterocycles.